The molecule has 19 heavy (non-hydrogen) atoms. The number of carbonyl (C=O) groups is 1. The normalized spacial score (nSPS) is 12.5. The zero-order chi connectivity index (χ0) is 14.3. The van der Waals surface area contributed by atoms with E-state index < -0.39 is 0 Å². The van der Waals surface area contributed by atoms with Gasteiger partial charge >= 0.3 is 0 Å². The van der Waals surface area contributed by atoms with Gasteiger partial charge in [0.15, 0.2) is 0 Å². The zero-order valence-electron chi connectivity index (χ0n) is 12.2. The van der Waals surface area contributed by atoms with Gasteiger partial charge in [-0.05, 0) is 36.9 Å². The average molecular weight is 263 g/mol. The standard InChI is InChI=1S/C15H25N3O/c1-12(2)8-13(10-16)9-15(19)18(3)11-14-6-4-5-7-17-14/h4-7,12-13H,8-11,16H2,1-3H3. The molecule has 0 aromatic carbocycles. The Bertz CT molecular complexity index is 378. The molecule has 0 aliphatic carbocycles. The van der Waals surface area contributed by atoms with Crippen molar-refractivity contribution in [1.29, 1.82) is 0 Å². The number of rotatable bonds is 7. The van der Waals surface area contributed by atoms with Crippen molar-refractivity contribution in [2.75, 3.05) is 13.6 Å². The highest BCUT2D eigenvalue weighted by atomic mass is 16.2. The van der Waals surface area contributed by atoms with Gasteiger partial charge in [-0.25, -0.2) is 0 Å². The van der Waals surface area contributed by atoms with E-state index in [1.54, 1.807) is 11.1 Å². The summed E-state index contributed by atoms with van der Waals surface area (Å²) in [5.41, 5.74) is 6.65. The molecule has 1 atom stereocenters. The van der Waals surface area contributed by atoms with Gasteiger partial charge in [0.1, 0.15) is 0 Å². The minimum Gasteiger partial charge on any atom is -0.340 e. The van der Waals surface area contributed by atoms with Crippen molar-refractivity contribution in [3.05, 3.63) is 30.1 Å². The monoisotopic (exact) mass is 263 g/mol. The number of pyridine rings is 1. The predicted molar refractivity (Wildman–Crippen MR) is 77.3 cm³/mol. The fourth-order valence-corrected chi connectivity index (χ4v) is 2.16. The first-order valence-corrected chi connectivity index (χ1v) is 6.86. The highest BCUT2D eigenvalue weighted by Gasteiger charge is 2.17. The third kappa shape index (κ3) is 5.83. The molecule has 0 radical (unpaired) electrons. The van der Waals surface area contributed by atoms with Gasteiger partial charge in [0.25, 0.3) is 0 Å². The summed E-state index contributed by atoms with van der Waals surface area (Å²) in [6, 6.07) is 5.73. The summed E-state index contributed by atoms with van der Waals surface area (Å²) in [7, 11) is 1.82. The van der Waals surface area contributed by atoms with Crippen LogP contribution in [0.15, 0.2) is 24.4 Å². The predicted octanol–water partition coefficient (Wildman–Crippen LogP) is 2.05. The summed E-state index contributed by atoms with van der Waals surface area (Å²) >= 11 is 0. The lowest BCUT2D eigenvalue weighted by atomic mass is 9.94. The van der Waals surface area contributed by atoms with Gasteiger partial charge in [-0.1, -0.05) is 19.9 Å². The van der Waals surface area contributed by atoms with Gasteiger partial charge in [-0.2, -0.15) is 0 Å². The van der Waals surface area contributed by atoms with Crippen LogP contribution in [-0.2, 0) is 11.3 Å². The summed E-state index contributed by atoms with van der Waals surface area (Å²) in [6.07, 6.45) is 3.27. The first-order chi connectivity index (χ1) is 9.02. The molecule has 1 amide bonds. The Morgan fingerprint density at radius 2 is 2.16 bits per heavy atom. The molecule has 1 heterocycles. The van der Waals surface area contributed by atoms with Crippen molar-refractivity contribution in [2.24, 2.45) is 17.6 Å². The molecule has 4 nitrogen and oxygen atoms in total. The number of aromatic nitrogens is 1. The third-order valence-corrected chi connectivity index (χ3v) is 3.15. The lowest BCUT2D eigenvalue weighted by Crippen LogP contribution is -2.30. The molecule has 0 aliphatic rings. The molecular weight excluding hydrogens is 238 g/mol. The number of amides is 1. The smallest absolute Gasteiger partial charge is 0.222 e. The summed E-state index contributed by atoms with van der Waals surface area (Å²) in [4.78, 5) is 18.1. The maximum atomic E-state index is 12.1. The van der Waals surface area contributed by atoms with E-state index >= 15 is 0 Å². The van der Waals surface area contributed by atoms with Crippen LogP contribution in [0.1, 0.15) is 32.4 Å². The van der Waals surface area contributed by atoms with Crippen LogP contribution in [0.25, 0.3) is 0 Å². The van der Waals surface area contributed by atoms with Crippen LogP contribution < -0.4 is 5.73 Å². The molecule has 2 N–H and O–H groups in total. The van der Waals surface area contributed by atoms with E-state index in [9.17, 15) is 4.79 Å². The first kappa shape index (κ1) is 15.6. The van der Waals surface area contributed by atoms with Crippen molar-refractivity contribution >= 4 is 5.91 Å². The average Bonchev–Trinajstić information content (AvgIpc) is 2.38. The van der Waals surface area contributed by atoms with Crippen molar-refractivity contribution < 1.29 is 4.79 Å². The molecular formula is C15H25N3O. The van der Waals surface area contributed by atoms with E-state index in [-0.39, 0.29) is 11.8 Å². The topological polar surface area (TPSA) is 59.2 Å². The van der Waals surface area contributed by atoms with E-state index in [0.717, 1.165) is 12.1 Å². The van der Waals surface area contributed by atoms with Crippen molar-refractivity contribution in [2.45, 2.75) is 33.2 Å². The molecule has 1 aromatic rings. The molecule has 4 heteroatoms. The highest BCUT2D eigenvalue weighted by molar-refractivity contribution is 5.76. The van der Waals surface area contributed by atoms with Crippen LogP contribution in [0.5, 0.6) is 0 Å². The van der Waals surface area contributed by atoms with Crippen LogP contribution in [0.2, 0.25) is 0 Å². The van der Waals surface area contributed by atoms with Gasteiger partial charge in [-0.15, -0.1) is 0 Å². The summed E-state index contributed by atoms with van der Waals surface area (Å²) in [5.74, 6) is 0.989. The van der Waals surface area contributed by atoms with Gasteiger partial charge < -0.3 is 10.6 Å². The molecule has 1 rings (SSSR count). The van der Waals surface area contributed by atoms with Crippen LogP contribution >= 0.6 is 0 Å². The van der Waals surface area contributed by atoms with E-state index in [1.165, 1.54) is 0 Å². The van der Waals surface area contributed by atoms with Crippen LogP contribution in [0.3, 0.4) is 0 Å². The quantitative estimate of drug-likeness (QED) is 0.819. The first-order valence-electron chi connectivity index (χ1n) is 6.86. The third-order valence-electron chi connectivity index (χ3n) is 3.15. The molecule has 0 saturated heterocycles. The molecule has 1 aromatic heterocycles. The summed E-state index contributed by atoms with van der Waals surface area (Å²) in [5, 5.41) is 0. The molecule has 0 saturated carbocycles. The van der Waals surface area contributed by atoms with E-state index in [4.69, 9.17) is 5.73 Å². The number of nitrogens with two attached hydrogens (primary N) is 1. The van der Waals surface area contributed by atoms with Crippen molar-refractivity contribution in [3.63, 3.8) is 0 Å². The lowest BCUT2D eigenvalue weighted by molar-refractivity contribution is -0.131. The Hall–Kier alpha value is -1.42. The number of carbonyl (C=O) groups excluding carboxylic acids is 1. The van der Waals surface area contributed by atoms with Crippen LogP contribution in [0.4, 0.5) is 0 Å². The molecule has 0 fully saturated rings. The molecule has 106 valence electrons. The molecule has 0 spiro atoms. The van der Waals surface area contributed by atoms with Gasteiger partial charge in [0.2, 0.25) is 5.91 Å². The van der Waals surface area contributed by atoms with Gasteiger partial charge in [-0.3, -0.25) is 9.78 Å². The maximum absolute atomic E-state index is 12.1. The Morgan fingerprint density at radius 3 is 2.68 bits per heavy atom. The van der Waals surface area contributed by atoms with E-state index in [1.807, 2.05) is 25.2 Å². The van der Waals surface area contributed by atoms with Gasteiger partial charge in [0, 0.05) is 19.7 Å². The second kappa shape index (κ2) is 7.89. The van der Waals surface area contributed by atoms with Crippen molar-refractivity contribution in [3.8, 4) is 0 Å². The zero-order valence-corrected chi connectivity index (χ0v) is 12.2. The largest absolute Gasteiger partial charge is 0.340 e. The summed E-state index contributed by atoms with van der Waals surface area (Å²) < 4.78 is 0. The number of hydrogen-bond acceptors (Lipinski definition) is 3. The fraction of sp³-hybridized carbons (Fsp3) is 0.600. The van der Waals surface area contributed by atoms with Gasteiger partial charge in [0.05, 0.1) is 12.2 Å². The number of hydrogen-bond donors (Lipinski definition) is 1. The lowest BCUT2D eigenvalue weighted by Gasteiger charge is -2.21. The second-order valence-electron chi connectivity index (χ2n) is 5.51. The number of nitrogens with zero attached hydrogens (tertiary/aromatic N) is 2. The van der Waals surface area contributed by atoms with Crippen LogP contribution in [-0.4, -0.2) is 29.4 Å². The van der Waals surface area contributed by atoms with Crippen LogP contribution in [0, 0.1) is 11.8 Å². The van der Waals surface area contributed by atoms with Crippen molar-refractivity contribution in [1.82, 2.24) is 9.88 Å². The highest BCUT2D eigenvalue weighted by Crippen LogP contribution is 2.15. The second-order valence-corrected chi connectivity index (χ2v) is 5.51. The SMILES string of the molecule is CC(C)CC(CN)CC(=O)N(C)Cc1ccccn1. The molecule has 1 unspecified atom stereocenters. The Morgan fingerprint density at radius 1 is 1.42 bits per heavy atom. The molecule has 0 bridgehead atoms. The van der Waals surface area contributed by atoms with E-state index in [0.29, 0.717) is 25.4 Å². The summed E-state index contributed by atoms with van der Waals surface area (Å²) in [6.45, 7) is 5.44. The minimum absolute atomic E-state index is 0.141. The molecule has 0 aliphatic heterocycles. The minimum atomic E-state index is 0.141. The fourth-order valence-electron chi connectivity index (χ4n) is 2.16. The maximum Gasteiger partial charge on any atom is 0.222 e. The Kier molecular flexibility index (Phi) is 6.50. The Labute approximate surface area is 116 Å². The van der Waals surface area contributed by atoms with E-state index in [2.05, 4.69) is 18.8 Å². The Balaban J connectivity index is 2.48.